The molecule has 0 spiro atoms. The third-order valence-electron chi connectivity index (χ3n) is 3.19. The molecule has 0 unspecified atom stereocenters. The summed E-state index contributed by atoms with van der Waals surface area (Å²) < 4.78 is 21.5. The smallest absolute Gasteiger partial charge is 0.306 e. The first-order valence-corrected chi connectivity index (χ1v) is 7.69. The number of unbranched alkanes of at least 4 members (excludes halogenated alkanes) is 1. The van der Waals surface area contributed by atoms with Crippen molar-refractivity contribution in [2.75, 3.05) is 27.4 Å². The second-order valence-corrected chi connectivity index (χ2v) is 4.84. The second kappa shape index (κ2) is 9.92. The van der Waals surface area contributed by atoms with Crippen LogP contribution >= 0.6 is 0 Å². The molecular weight excluding hydrogens is 284 g/mol. The van der Waals surface area contributed by atoms with Gasteiger partial charge in [-0.2, -0.15) is 0 Å². The van der Waals surface area contributed by atoms with Crippen molar-refractivity contribution >= 4 is 5.97 Å². The van der Waals surface area contributed by atoms with E-state index in [0.717, 1.165) is 18.4 Å². The molecule has 0 N–H and O–H groups in total. The number of aryl methyl sites for hydroxylation is 1. The Bertz CT molecular complexity index is 445. The van der Waals surface area contributed by atoms with Crippen molar-refractivity contribution in [2.24, 2.45) is 0 Å². The summed E-state index contributed by atoms with van der Waals surface area (Å²) in [5, 5.41) is 0. The Morgan fingerprint density at radius 1 is 1.09 bits per heavy atom. The Morgan fingerprint density at radius 3 is 2.23 bits per heavy atom. The first-order valence-electron chi connectivity index (χ1n) is 7.69. The zero-order chi connectivity index (χ0) is 16.4. The first kappa shape index (κ1) is 18.1. The molecule has 0 aliphatic carbocycles. The fourth-order valence-electron chi connectivity index (χ4n) is 2.02. The van der Waals surface area contributed by atoms with E-state index in [1.165, 1.54) is 0 Å². The molecule has 0 amide bonds. The van der Waals surface area contributed by atoms with Crippen LogP contribution in [0.15, 0.2) is 12.1 Å². The van der Waals surface area contributed by atoms with Gasteiger partial charge in [-0.15, -0.1) is 0 Å². The van der Waals surface area contributed by atoms with Gasteiger partial charge in [-0.3, -0.25) is 4.79 Å². The lowest BCUT2D eigenvalue weighted by molar-refractivity contribution is -0.143. The van der Waals surface area contributed by atoms with Crippen molar-refractivity contribution in [3.63, 3.8) is 0 Å². The van der Waals surface area contributed by atoms with Crippen LogP contribution in [0.1, 0.15) is 38.7 Å². The van der Waals surface area contributed by atoms with Crippen molar-refractivity contribution in [1.29, 1.82) is 0 Å². The van der Waals surface area contributed by atoms with Crippen LogP contribution in [0.25, 0.3) is 0 Å². The molecule has 0 aromatic heterocycles. The number of hydrogen-bond acceptors (Lipinski definition) is 5. The average molecular weight is 310 g/mol. The third-order valence-corrected chi connectivity index (χ3v) is 3.19. The fraction of sp³-hybridized carbons (Fsp3) is 0.588. The molecule has 0 bridgehead atoms. The molecule has 0 heterocycles. The normalized spacial score (nSPS) is 10.2. The predicted octanol–water partition coefficient (Wildman–Crippen LogP) is 3.38. The number of carbonyl (C=O) groups excluding carboxylic acids is 1. The van der Waals surface area contributed by atoms with Crippen LogP contribution < -0.4 is 14.2 Å². The van der Waals surface area contributed by atoms with Gasteiger partial charge >= 0.3 is 5.97 Å². The fourth-order valence-corrected chi connectivity index (χ4v) is 2.02. The third kappa shape index (κ3) is 5.47. The number of carbonyl (C=O) groups is 1. The molecule has 22 heavy (non-hydrogen) atoms. The first-order chi connectivity index (χ1) is 10.7. The van der Waals surface area contributed by atoms with Crippen LogP contribution in [0.4, 0.5) is 0 Å². The Morgan fingerprint density at radius 2 is 1.73 bits per heavy atom. The Balaban J connectivity index is 2.86. The molecule has 0 fully saturated rings. The van der Waals surface area contributed by atoms with Gasteiger partial charge in [0.1, 0.15) is 0 Å². The lowest BCUT2D eigenvalue weighted by Crippen LogP contribution is -2.06. The highest BCUT2D eigenvalue weighted by Gasteiger charge is 2.15. The van der Waals surface area contributed by atoms with E-state index in [0.29, 0.717) is 43.3 Å². The summed E-state index contributed by atoms with van der Waals surface area (Å²) in [6.07, 6.45) is 2.93. The van der Waals surface area contributed by atoms with Gasteiger partial charge in [-0.25, -0.2) is 0 Å². The van der Waals surface area contributed by atoms with E-state index >= 15 is 0 Å². The maximum absolute atomic E-state index is 11.5. The maximum Gasteiger partial charge on any atom is 0.306 e. The number of benzene rings is 1. The van der Waals surface area contributed by atoms with Crippen LogP contribution in [0.3, 0.4) is 0 Å². The van der Waals surface area contributed by atoms with Gasteiger partial charge in [0, 0.05) is 6.42 Å². The summed E-state index contributed by atoms with van der Waals surface area (Å²) in [6.45, 7) is 4.92. The number of esters is 1. The van der Waals surface area contributed by atoms with E-state index in [2.05, 4.69) is 6.92 Å². The minimum absolute atomic E-state index is 0.205. The van der Waals surface area contributed by atoms with Crippen molar-refractivity contribution in [3.8, 4) is 17.2 Å². The highest BCUT2D eigenvalue weighted by Crippen LogP contribution is 2.39. The number of rotatable bonds is 10. The topological polar surface area (TPSA) is 54.0 Å². The number of hydrogen-bond donors (Lipinski definition) is 0. The SMILES string of the molecule is CCCCOc1c(OC)cc(CCC(=O)OCC)cc1OC. The summed E-state index contributed by atoms with van der Waals surface area (Å²) >= 11 is 0. The highest BCUT2D eigenvalue weighted by molar-refractivity contribution is 5.69. The Hall–Kier alpha value is -1.91. The van der Waals surface area contributed by atoms with E-state index in [-0.39, 0.29) is 5.97 Å². The van der Waals surface area contributed by atoms with Gasteiger partial charge in [-0.1, -0.05) is 13.3 Å². The summed E-state index contributed by atoms with van der Waals surface area (Å²) in [6, 6.07) is 3.76. The van der Waals surface area contributed by atoms with Gasteiger partial charge < -0.3 is 18.9 Å². The zero-order valence-electron chi connectivity index (χ0n) is 13.9. The molecule has 0 saturated heterocycles. The molecule has 1 aromatic carbocycles. The van der Waals surface area contributed by atoms with E-state index in [1.807, 2.05) is 12.1 Å². The van der Waals surface area contributed by atoms with Crippen molar-refractivity contribution in [3.05, 3.63) is 17.7 Å². The molecule has 5 heteroatoms. The quantitative estimate of drug-likeness (QED) is 0.490. The van der Waals surface area contributed by atoms with Crippen molar-refractivity contribution in [2.45, 2.75) is 39.5 Å². The minimum atomic E-state index is -0.205. The van der Waals surface area contributed by atoms with Crippen LogP contribution in [0.5, 0.6) is 17.2 Å². The van der Waals surface area contributed by atoms with Crippen molar-refractivity contribution < 1.29 is 23.7 Å². The Labute approximate surface area is 132 Å². The maximum atomic E-state index is 11.5. The van der Waals surface area contributed by atoms with E-state index < -0.39 is 0 Å². The highest BCUT2D eigenvalue weighted by atomic mass is 16.5. The standard InChI is InChI=1S/C17H26O5/c1-5-7-10-22-17-14(19-3)11-13(12-15(17)20-4)8-9-16(18)21-6-2/h11-12H,5-10H2,1-4H3. The molecule has 0 aliphatic rings. The monoisotopic (exact) mass is 310 g/mol. The van der Waals surface area contributed by atoms with Crippen LogP contribution in [0.2, 0.25) is 0 Å². The number of methoxy groups -OCH3 is 2. The van der Waals surface area contributed by atoms with Crippen molar-refractivity contribution in [1.82, 2.24) is 0 Å². The molecule has 0 saturated carbocycles. The molecule has 0 aliphatic heterocycles. The molecule has 5 nitrogen and oxygen atoms in total. The van der Waals surface area contributed by atoms with Gasteiger partial charge in [-0.05, 0) is 37.5 Å². The molecule has 1 aromatic rings. The number of ether oxygens (including phenoxy) is 4. The summed E-state index contributed by atoms with van der Waals surface area (Å²) in [5.74, 6) is 1.64. The largest absolute Gasteiger partial charge is 0.493 e. The molecular formula is C17H26O5. The minimum Gasteiger partial charge on any atom is -0.493 e. The second-order valence-electron chi connectivity index (χ2n) is 4.84. The van der Waals surface area contributed by atoms with E-state index in [4.69, 9.17) is 18.9 Å². The van der Waals surface area contributed by atoms with Crippen LogP contribution in [-0.4, -0.2) is 33.4 Å². The van der Waals surface area contributed by atoms with E-state index in [9.17, 15) is 4.79 Å². The summed E-state index contributed by atoms with van der Waals surface area (Å²) in [4.78, 5) is 11.5. The molecule has 124 valence electrons. The van der Waals surface area contributed by atoms with Gasteiger partial charge in [0.15, 0.2) is 11.5 Å². The van der Waals surface area contributed by atoms with Gasteiger partial charge in [0.25, 0.3) is 0 Å². The molecule has 1 rings (SSSR count). The van der Waals surface area contributed by atoms with Crippen LogP contribution in [-0.2, 0) is 16.0 Å². The van der Waals surface area contributed by atoms with E-state index in [1.54, 1.807) is 21.1 Å². The summed E-state index contributed by atoms with van der Waals surface area (Å²) in [7, 11) is 3.19. The Kier molecular flexibility index (Phi) is 8.18. The van der Waals surface area contributed by atoms with Crippen LogP contribution in [0, 0.1) is 0 Å². The zero-order valence-corrected chi connectivity index (χ0v) is 13.9. The lowest BCUT2D eigenvalue weighted by Gasteiger charge is -2.16. The molecule has 0 radical (unpaired) electrons. The van der Waals surface area contributed by atoms with Gasteiger partial charge in [0.2, 0.25) is 5.75 Å². The average Bonchev–Trinajstić information content (AvgIpc) is 2.53. The molecule has 0 atom stereocenters. The summed E-state index contributed by atoms with van der Waals surface area (Å²) in [5.41, 5.74) is 0.949. The van der Waals surface area contributed by atoms with Gasteiger partial charge in [0.05, 0.1) is 27.4 Å². The predicted molar refractivity (Wildman–Crippen MR) is 84.9 cm³/mol. The lowest BCUT2D eigenvalue weighted by atomic mass is 10.1.